The summed E-state index contributed by atoms with van der Waals surface area (Å²) >= 11 is 12.6. The zero-order chi connectivity index (χ0) is 17.6. The molecule has 0 saturated carbocycles. The Kier molecular flexibility index (Phi) is 7.52. The quantitative estimate of drug-likeness (QED) is 0.585. The maximum atomic E-state index is 6.43. The van der Waals surface area contributed by atoms with Gasteiger partial charge in [0.2, 0.25) is 0 Å². The summed E-state index contributed by atoms with van der Waals surface area (Å²) in [4.78, 5) is 5.03. The van der Waals surface area contributed by atoms with Gasteiger partial charge in [-0.15, -0.1) is 24.8 Å². The van der Waals surface area contributed by atoms with Crippen LogP contribution in [0.3, 0.4) is 0 Å². The molecular weight excluding hydrogens is 422 g/mol. The molecule has 1 fully saturated rings. The second kappa shape index (κ2) is 8.90. The van der Waals surface area contributed by atoms with E-state index < -0.39 is 0 Å². The number of fused-ring (bicyclic) bond motifs is 3. The molecule has 2 aromatic carbocycles. The Morgan fingerprint density at radius 2 is 1.74 bits per heavy atom. The number of rotatable bonds is 2. The number of hydrogen-bond donors (Lipinski definition) is 0. The Labute approximate surface area is 184 Å². The highest BCUT2D eigenvalue weighted by Gasteiger charge is 2.48. The van der Waals surface area contributed by atoms with Crippen LogP contribution >= 0.6 is 48.0 Å². The molecule has 2 aliphatic rings. The normalized spacial score (nSPS) is 24.4. The summed E-state index contributed by atoms with van der Waals surface area (Å²) in [5, 5.41) is 1.26. The molecule has 0 N–H and O–H groups in total. The van der Waals surface area contributed by atoms with Gasteiger partial charge >= 0.3 is 0 Å². The van der Waals surface area contributed by atoms with Crippen molar-refractivity contribution in [3.8, 4) is 0 Å². The Hall–Kier alpha value is -0.480. The monoisotopic (exact) mass is 446 g/mol. The molecule has 0 radical (unpaired) electrons. The minimum atomic E-state index is -0.115. The fourth-order valence-corrected chi connectivity index (χ4v) is 5.00. The molecule has 6 heteroatoms. The third-order valence-corrected chi connectivity index (χ3v) is 6.78. The number of piperidine rings is 1. The van der Waals surface area contributed by atoms with Gasteiger partial charge in [0.15, 0.2) is 0 Å². The van der Waals surface area contributed by atoms with Crippen molar-refractivity contribution in [2.24, 2.45) is 0 Å². The molecule has 0 aliphatic carbocycles. The molecule has 2 unspecified atom stereocenters. The molecule has 1 saturated heterocycles. The fraction of sp³-hybridized carbons (Fsp3) is 0.429. The highest BCUT2D eigenvalue weighted by atomic mass is 35.5. The lowest BCUT2D eigenvalue weighted by Crippen LogP contribution is -2.58. The van der Waals surface area contributed by atoms with Gasteiger partial charge in [-0.25, -0.2) is 0 Å². The van der Waals surface area contributed by atoms with Gasteiger partial charge < -0.3 is 4.90 Å². The van der Waals surface area contributed by atoms with Crippen molar-refractivity contribution in [1.82, 2.24) is 9.80 Å². The molecule has 2 aromatic rings. The molecule has 2 aliphatic heterocycles. The molecule has 2 nitrogen and oxygen atoms in total. The van der Waals surface area contributed by atoms with E-state index in [0.717, 1.165) is 25.9 Å². The second-order valence-electron chi connectivity index (χ2n) is 7.49. The maximum Gasteiger partial charge on any atom is 0.0733 e. The molecule has 0 aromatic heterocycles. The summed E-state index contributed by atoms with van der Waals surface area (Å²) in [7, 11) is 4.38. The van der Waals surface area contributed by atoms with E-state index in [-0.39, 0.29) is 30.4 Å². The van der Waals surface area contributed by atoms with Crippen LogP contribution in [0.4, 0.5) is 0 Å². The van der Waals surface area contributed by atoms with E-state index in [9.17, 15) is 0 Å². The van der Waals surface area contributed by atoms with Crippen molar-refractivity contribution in [3.05, 3.63) is 69.2 Å². The van der Waals surface area contributed by atoms with E-state index in [1.54, 1.807) is 0 Å². The SMILES string of the molecule is CN(C)C1CCN2CCc3ccccc3C2(c2ccc(Cl)c(Cl)c2)C1.Cl.Cl. The van der Waals surface area contributed by atoms with Gasteiger partial charge in [0.05, 0.1) is 15.6 Å². The standard InChI is InChI=1S/C21H24Cl2N2.2ClH/c1-24(2)17-10-12-25-11-9-15-5-3-4-6-18(15)21(25,14-17)16-7-8-19(22)20(23)13-16;;/h3-8,13,17H,9-12,14H2,1-2H3;2*1H. The van der Waals surface area contributed by atoms with Crippen LogP contribution in [0.5, 0.6) is 0 Å². The number of halogens is 4. The minimum absolute atomic E-state index is 0. The third kappa shape index (κ3) is 3.85. The summed E-state index contributed by atoms with van der Waals surface area (Å²) in [6.45, 7) is 2.20. The zero-order valence-electron chi connectivity index (χ0n) is 15.6. The lowest BCUT2D eigenvalue weighted by molar-refractivity contribution is 0.0245. The van der Waals surface area contributed by atoms with E-state index in [1.165, 1.54) is 23.1 Å². The third-order valence-electron chi connectivity index (χ3n) is 6.04. The lowest BCUT2D eigenvalue weighted by atomic mass is 9.69. The van der Waals surface area contributed by atoms with Crippen molar-refractivity contribution in [2.45, 2.75) is 30.8 Å². The highest BCUT2D eigenvalue weighted by molar-refractivity contribution is 6.42. The largest absolute Gasteiger partial charge is 0.306 e. The molecule has 0 amide bonds. The van der Waals surface area contributed by atoms with Crippen molar-refractivity contribution in [1.29, 1.82) is 0 Å². The first-order valence-electron chi connectivity index (χ1n) is 8.98. The first-order chi connectivity index (χ1) is 12.0. The second-order valence-corrected chi connectivity index (χ2v) is 8.31. The van der Waals surface area contributed by atoms with Crippen LogP contribution in [0.15, 0.2) is 42.5 Å². The Balaban J connectivity index is 0.00000131. The topological polar surface area (TPSA) is 6.48 Å². The highest BCUT2D eigenvalue weighted by Crippen LogP contribution is 2.48. The van der Waals surface area contributed by atoms with Crippen LogP contribution in [0.25, 0.3) is 0 Å². The van der Waals surface area contributed by atoms with Crippen LogP contribution in [-0.4, -0.2) is 43.0 Å². The summed E-state index contributed by atoms with van der Waals surface area (Å²) in [6, 6.07) is 15.7. The summed E-state index contributed by atoms with van der Waals surface area (Å²) in [6.07, 6.45) is 3.40. The van der Waals surface area contributed by atoms with Crippen molar-refractivity contribution < 1.29 is 0 Å². The fourth-order valence-electron chi connectivity index (χ4n) is 4.70. The average molecular weight is 448 g/mol. The molecule has 0 spiro atoms. The Morgan fingerprint density at radius 3 is 2.44 bits per heavy atom. The first-order valence-corrected chi connectivity index (χ1v) is 9.73. The first kappa shape index (κ1) is 22.8. The number of benzene rings is 2. The summed E-state index contributed by atoms with van der Waals surface area (Å²) in [5.74, 6) is 0. The van der Waals surface area contributed by atoms with Gasteiger partial charge in [0, 0.05) is 19.1 Å². The van der Waals surface area contributed by atoms with Crippen molar-refractivity contribution >= 4 is 48.0 Å². The van der Waals surface area contributed by atoms with Crippen LogP contribution < -0.4 is 0 Å². The van der Waals surface area contributed by atoms with E-state index in [2.05, 4.69) is 60.3 Å². The number of nitrogens with zero attached hydrogens (tertiary/aromatic N) is 2. The molecule has 27 heavy (non-hydrogen) atoms. The van der Waals surface area contributed by atoms with Gasteiger partial charge in [0.1, 0.15) is 0 Å². The molecule has 0 bridgehead atoms. The maximum absolute atomic E-state index is 6.43. The predicted molar refractivity (Wildman–Crippen MR) is 120 cm³/mol. The Bertz CT molecular complexity index is 796. The summed E-state index contributed by atoms with van der Waals surface area (Å²) in [5.41, 5.74) is 4.05. The van der Waals surface area contributed by atoms with Crippen LogP contribution in [0.1, 0.15) is 29.5 Å². The summed E-state index contributed by atoms with van der Waals surface area (Å²) < 4.78 is 0. The zero-order valence-corrected chi connectivity index (χ0v) is 18.8. The lowest BCUT2D eigenvalue weighted by Gasteiger charge is -2.54. The predicted octanol–water partition coefficient (Wildman–Crippen LogP) is 5.66. The minimum Gasteiger partial charge on any atom is -0.306 e. The van der Waals surface area contributed by atoms with Gasteiger partial charge in [0.25, 0.3) is 0 Å². The molecule has 4 rings (SSSR count). The van der Waals surface area contributed by atoms with Gasteiger partial charge in [-0.05, 0) is 62.2 Å². The molecular formula is C21H26Cl4N2. The van der Waals surface area contributed by atoms with Gasteiger partial charge in [-0.1, -0.05) is 53.5 Å². The van der Waals surface area contributed by atoms with E-state index >= 15 is 0 Å². The van der Waals surface area contributed by atoms with E-state index in [0.29, 0.717) is 16.1 Å². The number of hydrogen-bond acceptors (Lipinski definition) is 2. The average Bonchev–Trinajstić information content (AvgIpc) is 2.63. The van der Waals surface area contributed by atoms with Crippen molar-refractivity contribution in [3.63, 3.8) is 0 Å². The Morgan fingerprint density at radius 1 is 1.00 bits per heavy atom. The van der Waals surface area contributed by atoms with Gasteiger partial charge in [-0.3, -0.25) is 4.90 Å². The van der Waals surface area contributed by atoms with Gasteiger partial charge in [-0.2, -0.15) is 0 Å². The van der Waals surface area contributed by atoms with E-state index in [4.69, 9.17) is 23.2 Å². The van der Waals surface area contributed by atoms with Crippen LogP contribution in [-0.2, 0) is 12.0 Å². The molecule has 2 heterocycles. The van der Waals surface area contributed by atoms with Crippen molar-refractivity contribution in [2.75, 3.05) is 27.2 Å². The van der Waals surface area contributed by atoms with Crippen LogP contribution in [0, 0.1) is 0 Å². The molecule has 2 atom stereocenters. The van der Waals surface area contributed by atoms with E-state index in [1.807, 2.05) is 6.07 Å². The van der Waals surface area contributed by atoms with Crippen LogP contribution in [0.2, 0.25) is 10.0 Å². The smallest absolute Gasteiger partial charge is 0.0733 e. The molecule has 148 valence electrons.